The van der Waals surface area contributed by atoms with E-state index < -0.39 is 10.0 Å². The van der Waals surface area contributed by atoms with Gasteiger partial charge in [0.15, 0.2) is 0 Å². The summed E-state index contributed by atoms with van der Waals surface area (Å²) in [6, 6.07) is 7.85. The molecule has 2 aromatic rings. The Labute approximate surface area is 94.9 Å². The minimum Gasteiger partial charge on any atom is -0.361 e. The maximum Gasteiger partial charge on any atom is 0.211 e. The predicted molar refractivity (Wildman–Crippen MR) is 64.6 cm³/mol. The molecule has 1 N–H and O–H groups in total. The maximum absolute atomic E-state index is 11.3. The maximum atomic E-state index is 11.3. The van der Waals surface area contributed by atoms with Gasteiger partial charge in [-0.3, -0.25) is 0 Å². The lowest BCUT2D eigenvalue weighted by Crippen LogP contribution is -2.24. The van der Waals surface area contributed by atoms with Crippen LogP contribution in [0.15, 0.2) is 30.5 Å². The van der Waals surface area contributed by atoms with Gasteiger partial charge in [-0.05, 0) is 11.6 Å². The third kappa shape index (κ3) is 2.10. The van der Waals surface area contributed by atoms with Crippen molar-refractivity contribution in [2.75, 3.05) is 13.3 Å². The van der Waals surface area contributed by atoms with E-state index in [2.05, 4.69) is 4.98 Å². The number of nitrogens with one attached hydrogen (secondary N) is 1. The Kier molecular flexibility index (Phi) is 2.73. The van der Waals surface area contributed by atoms with Crippen molar-refractivity contribution in [3.63, 3.8) is 0 Å². The van der Waals surface area contributed by atoms with Crippen molar-refractivity contribution >= 4 is 20.9 Å². The molecular weight excluding hydrogens is 224 g/mol. The molecule has 0 aliphatic rings. The molecular formula is C11H14N2O2S. The van der Waals surface area contributed by atoms with Crippen molar-refractivity contribution in [2.24, 2.45) is 0 Å². The van der Waals surface area contributed by atoms with Crippen LogP contribution in [0, 0.1) is 0 Å². The van der Waals surface area contributed by atoms with Crippen molar-refractivity contribution in [3.05, 3.63) is 36.0 Å². The number of fused-ring (bicyclic) bond motifs is 1. The number of rotatable bonds is 3. The normalized spacial score (nSPS) is 12.4. The number of benzene rings is 1. The van der Waals surface area contributed by atoms with Crippen molar-refractivity contribution in [3.8, 4) is 0 Å². The molecule has 0 spiro atoms. The summed E-state index contributed by atoms with van der Waals surface area (Å²) in [5.74, 6) is 0. The van der Waals surface area contributed by atoms with Crippen molar-refractivity contribution < 1.29 is 8.42 Å². The number of para-hydroxylation sites is 1. The van der Waals surface area contributed by atoms with Crippen molar-refractivity contribution in [1.82, 2.24) is 9.29 Å². The second kappa shape index (κ2) is 3.92. The first-order valence-electron chi connectivity index (χ1n) is 4.95. The Balaban J connectivity index is 2.35. The van der Waals surface area contributed by atoms with Gasteiger partial charge in [0.25, 0.3) is 0 Å². The third-order valence-corrected chi connectivity index (χ3v) is 3.90. The topological polar surface area (TPSA) is 53.2 Å². The standard InChI is InChI=1S/C11H14N2O2S/c1-13(16(2,14)15)8-9-7-12-11-6-4-3-5-10(9)11/h3-7,12H,8H2,1-2H3. The molecule has 1 aromatic heterocycles. The van der Waals surface area contributed by atoms with Crippen LogP contribution in [0.1, 0.15) is 5.56 Å². The minimum absolute atomic E-state index is 0.392. The van der Waals surface area contributed by atoms with Crippen LogP contribution in [0.4, 0.5) is 0 Å². The Morgan fingerprint density at radius 2 is 2.00 bits per heavy atom. The number of nitrogens with zero attached hydrogens (tertiary/aromatic N) is 1. The van der Waals surface area contributed by atoms with Crippen LogP contribution >= 0.6 is 0 Å². The van der Waals surface area contributed by atoms with E-state index in [0.29, 0.717) is 6.54 Å². The van der Waals surface area contributed by atoms with E-state index in [0.717, 1.165) is 16.5 Å². The summed E-state index contributed by atoms with van der Waals surface area (Å²) in [7, 11) is -1.55. The second-order valence-electron chi connectivity index (χ2n) is 3.88. The van der Waals surface area contributed by atoms with Crippen LogP contribution in [-0.4, -0.2) is 31.0 Å². The number of hydrogen-bond donors (Lipinski definition) is 1. The Morgan fingerprint density at radius 1 is 1.31 bits per heavy atom. The largest absolute Gasteiger partial charge is 0.361 e. The van der Waals surface area contributed by atoms with Gasteiger partial charge >= 0.3 is 0 Å². The zero-order valence-electron chi connectivity index (χ0n) is 9.27. The molecule has 0 aliphatic heterocycles. The highest BCUT2D eigenvalue weighted by Gasteiger charge is 2.13. The van der Waals surface area contributed by atoms with Crippen LogP contribution in [0.5, 0.6) is 0 Å². The first-order chi connectivity index (χ1) is 7.48. The molecule has 0 aliphatic carbocycles. The highest BCUT2D eigenvalue weighted by Crippen LogP contribution is 2.19. The monoisotopic (exact) mass is 238 g/mol. The van der Waals surface area contributed by atoms with E-state index in [1.165, 1.54) is 10.6 Å². The lowest BCUT2D eigenvalue weighted by atomic mass is 10.2. The minimum atomic E-state index is -3.13. The molecule has 2 rings (SSSR count). The lowest BCUT2D eigenvalue weighted by Gasteiger charge is -2.12. The summed E-state index contributed by atoms with van der Waals surface area (Å²) in [5, 5.41) is 1.07. The van der Waals surface area contributed by atoms with Crippen LogP contribution < -0.4 is 0 Å². The number of hydrogen-bond acceptors (Lipinski definition) is 2. The summed E-state index contributed by atoms with van der Waals surface area (Å²) < 4.78 is 24.0. The molecule has 0 saturated carbocycles. The fourth-order valence-electron chi connectivity index (χ4n) is 1.62. The highest BCUT2D eigenvalue weighted by atomic mass is 32.2. The first-order valence-corrected chi connectivity index (χ1v) is 6.79. The molecule has 0 amide bonds. The second-order valence-corrected chi connectivity index (χ2v) is 5.97. The van der Waals surface area contributed by atoms with Gasteiger partial charge in [-0.1, -0.05) is 18.2 Å². The third-order valence-electron chi connectivity index (χ3n) is 2.63. The smallest absolute Gasteiger partial charge is 0.211 e. The molecule has 0 atom stereocenters. The Bertz CT molecular complexity index is 601. The van der Waals surface area contributed by atoms with Gasteiger partial charge in [-0.15, -0.1) is 0 Å². The van der Waals surface area contributed by atoms with E-state index in [1.54, 1.807) is 7.05 Å². The molecule has 0 bridgehead atoms. The average Bonchev–Trinajstić information content (AvgIpc) is 2.61. The zero-order valence-corrected chi connectivity index (χ0v) is 10.1. The molecule has 5 heteroatoms. The summed E-state index contributed by atoms with van der Waals surface area (Å²) in [6.45, 7) is 0.392. The summed E-state index contributed by atoms with van der Waals surface area (Å²) in [6.07, 6.45) is 3.06. The van der Waals surface area contributed by atoms with Crippen LogP contribution in [0.3, 0.4) is 0 Å². The number of H-pyrrole nitrogens is 1. The molecule has 0 unspecified atom stereocenters. The van der Waals surface area contributed by atoms with Gasteiger partial charge < -0.3 is 4.98 Å². The Hall–Kier alpha value is -1.33. The highest BCUT2D eigenvalue weighted by molar-refractivity contribution is 7.88. The van der Waals surface area contributed by atoms with Crippen LogP contribution in [0.25, 0.3) is 10.9 Å². The molecule has 4 nitrogen and oxygen atoms in total. The summed E-state index contributed by atoms with van der Waals surface area (Å²) in [4.78, 5) is 3.12. The molecule has 1 aromatic carbocycles. The molecule has 16 heavy (non-hydrogen) atoms. The molecule has 0 fully saturated rings. The van der Waals surface area contributed by atoms with Gasteiger partial charge in [0.1, 0.15) is 0 Å². The van der Waals surface area contributed by atoms with Gasteiger partial charge in [0.2, 0.25) is 10.0 Å². The van der Waals surface area contributed by atoms with E-state index in [9.17, 15) is 8.42 Å². The lowest BCUT2D eigenvalue weighted by molar-refractivity contribution is 0.473. The number of aromatic amines is 1. The molecule has 0 radical (unpaired) electrons. The van der Waals surface area contributed by atoms with E-state index in [-0.39, 0.29) is 0 Å². The molecule has 0 saturated heterocycles. The summed E-state index contributed by atoms with van der Waals surface area (Å²) in [5.41, 5.74) is 2.02. The van der Waals surface area contributed by atoms with E-state index in [4.69, 9.17) is 0 Å². The fourth-order valence-corrected chi connectivity index (χ4v) is 1.99. The number of sulfonamides is 1. The van der Waals surface area contributed by atoms with Crippen molar-refractivity contribution in [2.45, 2.75) is 6.54 Å². The number of aromatic nitrogens is 1. The van der Waals surface area contributed by atoms with Gasteiger partial charge in [-0.2, -0.15) is 0 Å². The Morgan fingerprint density at radius 3 is 2.69 bits per heavy atom. The zero-order chi connectivity index (χ0) is 11.8. The van der Waals surface area contributed by atoms with E-state index in [1.807, 2.05) is 30.5 Å². The predicted octanol–water partition coefficient (Wildman–Crippen LogP) is 1.56. The average molecular weight is 238 g/mol. The van der Waals surface area contributed by atoms with Gasteiger partial charge in [-0.25, -0.2) is 12.7 Å². The van der Waals surface area contributed by atoms with Gasteiger partial charge in [0, 0.05) is 30.7 Å². The molecule has 1 heterocycles. The quantitative estimate of drug-likeness (QED) is 0.882. The van der Waals surface area contributed by atoms with Crippen molar-refractivity contribution in [1.29, 1.82) is 0 Å². The van der Waals surface area contributed by atoms with Crippen LogP contribution in [-0.2, 0) is 16.6 Å². The first kappa shape index (κ1) is 11.2. The van der Waals surface area contributed by atoms with Crippen LogP contribution in [0.2, 0.25) is 0 Å². The SMILES string of the molecule is CN(Cc1c[nH]c2ccccc12)S(C)(=O)=O. The summed E-state index contributed by atoms with van der Waals surface area (Å²) >= 11 is 0. The van der Waals surface area contributed by atoms with Gasteiger partial charge in [0.05, 0.1) is 6.26 Å². The van der Waals surface area contributed by atoms with E-state index >= 15 is 0 Å². The fraction of sp³-hybridized carbons (Fsp3) is 0.273. The molecule has 86 valence electrons.